The third-order valence-corrected chi connectivity index (χ3v) is 9.55. The van der Waals surface area contributed by atoms with Crippen molar-refractivity contribution in [1.29, 1.82) is 0 Å². The van der Waals surface area contributed by atoms with Crippen molar-refractivity contribution >= 4 is 19.8 Å². The van der Waals surface area contributed by atoms with Crippen molar-refractivity contribution in [2.45, 2.75) is 21.4 Å². The Morgan fingerprint density at radius 3 is 1.17 bits per heavy atom. The van der Waals surface area contributed by atoms with Crippen molar-refractivity contribution in [3.8, 4) is 11.1 Å². The number of halogens is 3. The molecule has 0 aliphatic rings. The van der Waals surface area contributed by atoms with Crippen LogP contribution in [0.2, 0.25) is 0 Å². The highest BCUT2D eigenvalue weighted by Gasteiger charge is 2.19. The smallest absolute Gasteiger partial charge is 0.174 e. The van der Waals surface area contributed by atoms with E-state index in [4.69, 9.17) is 11.2 Å². The molecule has 0 N–H and O–H groups in total. The Labute approximate surface area is 180 Å². The SMILES string of the molecule is FC(F)F.S=[SH](c1ccccc1)(c1ccccc1)c1ccc(-c2ccccc2)cc1. The van der Waals surface area contributed by atoms with Crippen LogP contribution in [0.15, 0.2) is 130 Å². The summed E-state index contributed by atoms with van der Waals surface area (Å²) in [5.41, 5.74) is 2.45. The lowest BCUT2D eigenvalue weighted by Gasteiger charge is -2.29. The van der Waals surface area contributed by atoms with Gasteiger partial charge in [0.25, 0.3) is 0 Å². The van der Waals surface area contributed by atoms with E-state index in [0.717, 1.165) is 0 Å². The van der Waals surface area contributed by atoms with Gasteiger partial charge in [-0.05, 0) is 47.5 Å². The van der Waals surface area contributed by atoms with Crippen LogP contribution in [-0.4, -0.2) is 6.68 Å². The van der Waals surface area contributed by atoms with Crippen molar-refractivity contribution in [2.75, 3.05) is 0 Å². The molecular formula is C25H21F3S2. The lowest BCUT2D eigenvalue weighted by atomic mass is 10.1. The van der Waals surface area contributed by atoms with Crippen LogP contribution in [0, 0.1) is 0 Å². The Balaban J connectivity index is 0.000000589. The van der Waals surface area contributed by atoms with E-state index in [9.17, 15) is 13.2 Å². The van der Waals surface area contributed by atoms with Gasteiger partial charge in [0.1, 0.15) is 0 Å². The number of hydrogen-bond acceptors (Lipinski definition) is 1. The van der Waals surface area contributed by atoms with Crippen LogP contribution in [-0.2, 0) is 19.8 Å². The average molecular weight is 443 g/mol. The molecule has 4 aromatic rings. The predicted molar refractivity (Wildman–Crippen MR) is 123 cm³/mol. The molecule has 0 aliphatic carbocycles. The molecule has 0 heterocycles. The second-order valence-electron chi connectivity index (χ2n) is 6.44. The first-order chi connectivity index (χ1) is 14.5. The summed E-state index contributed by atoms with van der Waals surface area (Å²) in [6.45, 7) is -3.67. The van der Waals surface area contributed by atoms with Crippen molar-refractivity contribution < 1.29 is 13.2 Å². The fraction of sp³-hybridized carbons (Fsp3) is 0.0400. The average Bonchev–Trinajstić information content (AvgIpc) is 2.80. The Bertz CT molecular complexity index is 1040. The topological polar surface area (TPSA) is 0 Å². The molecule has 154 valence electrons. The molecule has 0 radical (unpaired) electrons. The molecular weight excluding hydrogens is 421 g/mol. The van der Waals surface area contributed by atoms with Gasteiger partial charge in [0.15, 0.2) is 0 Å². The molecule has 0 bridgehead atoms. The first-order valence-electron chi connectivity index (χ1n) is 9.31. The van der Waals surface area contributed by atoms with Gasteiger partial charge in [-0.15, -0.1) is 8.59 Å². The second-order valence-corrected chi connectivity index (χ2v) is 10.9. The van der Waals surface area contributed by atoms with E-state index in [2.05, 4.69) is 97.1 Å². The number of alkyl halides is 3. The van der Waals surface area contributed by atoms with E-state index >= 15 is 0 Å². The Morgan fingerprint density at radius 1 is 0.467 bits per heavy atom. The minimum absolute atomic E-state index is 1.22. The minimum Gasteiger partial charge on any atom is -0.174 e. The van der Waals surface area contributed by atoms with E-state index in [1.165, 1.54) is 25.8 Å². The van der Waals surface area contributed by atoms with E-state index in [0.29, 0.717) is 0 Å². The molecule has 0 saturated heterocycles. The lowest BCUT2D eigenvalue weighted by Crippen LogP contribution is -2.12. The van der Waals surface area contributed by atoms with Gasteiger partial charge < -0.3 is 0 Å². The van der Waals surface area contributed by atoms with Gasteiger partial charge in [-0.3, -0.25) is 0 Å². The predicted octanol–water partition coefficient (Wildman–Crippen LogP) is 7.36. The Kier molecular flexibility index (Phi) is 7.55. The molecule has 4 rings (SSSR count). The highest BCUT2D eigenvalue weighted by molar-refractivity contribution is 8.40. The van der Waals surface area contributed by atoms with Crippen LogP contribution in [0.1, 0.15) is 0 Å². The fourth-order valence-corrected chi connectivity index (χ4v) is 6.96. The maximum absolute atomic E-state index is 9.67. The largest absolute Gasteiger partial charge is 0.379 e. The van der Waals surface area contributed by atoms with E-state index in [-0.39, 0.29) is 0 Å². The van der Waals surface area contributed by atoms with Gasteiger partial charge in [-0.2, -0.15) is 13.2 Å². The molecule has 0 saturated carbocycles. The van der Waals surface area contributed by atoms with Crippen molar-refractivity contribution in [3.63, 3.8) is 0 Å². The Hall–Kier alpha value is -2.76. The van der Waals surface area contributed by atoms with Gasteiger partial charge in [-0.25, -0.2) is 0 Å². The maximum Gasteiger partial charge on any atom is 0.379 e. The maximum atomic E-state index is 9.67. The summed E-state index contributed by atoms with van der Waals surface area (Å²) < 4.78 is 29.0. The van der Waals surface area contributed by atoms with Crippen molar-refractivity contribution in [2.24, 2.45) is 0 Å². The quantitative estimate of drug-likeness (QED) is 0.322. The molecule has 0 unspecified atom stereocenters. The standard InChI is InChI=1S/C24H20S2.CHF3/c25-26(22-12-6-2-7-13-22,23-14-8-3-9-15-23)24-18-16-21(17-19-24)20-10-4-1-5-11-20;2-1(3)4/h1-19,26H;1H. The van der Waals surface area contributed by atoms with Gasteiger partial charge >= 0.3 is 6.68 Å². The normalized spacial score (nSPS) is 11.5. The highest BCUT2D eigenvalue weighted by atomic mass is 32.9. The number of hydrogen-bond donors (Lipinski definition) is 1. The highest BCUT2D eigenvalue weighted by Crippen LogP contribution is 2.37. The number of benzene rings is 4. The van der Waals surface area contributed by atoms with Crippen LogP contribution < -0.4 is 0 Å². The molecule has 0 atom stereocenters. The van der Waals surface area contributed by atoms with E-state index in [1.54, 1.807) is 0 Å². The summed E-state index contributed by atoms with van der Waals surface area (Å²) >= 11 is 6.37. The Morgan fingerprint density at radius 2 is 0.767 bits per heavy atom. The van der Waals surface area contributed by atoms with Gasteiger partial charge in [0, 0.05) is 14.7 Å². The van der Waals surface area contributed by atoms with Crippen LogP contribution in [0.3, 0.4) is 0 Å². The van der Waals surface area contributed by atoms with Gasteiger partial charge in [0.05, 0.1) is 0 Å². The molecule has 0 fully saturated rings. The summed E-state index contributed by atoms with van der Waals surface area (Å²) in [4.78, 5) is 3.69. The van der Waals surface area contributed by atoms with Crippen LogP contribution in [0.4, 0.5) is 13.2 Å². The van der Waals surface area contributed by atoms with Gasteiger partial charge in [0.2, 0.25) is 0 Å². The molecule has 0 spiro atoms. The van der Waals surface area contributed by atoms with E-state index in [1.807, 2.05) is 18.2 Å². The molecule has 0 amide bonds. The zero-order valence-electron chi connectivity index (χ0n) is 16.0. The summed E-state index contributed by atoms with van der Waals surface area (Å²) in [6, 6.07) is 40.4. The first-order valence-corrected chi connectivity index (χ1v) is 12.1. The van der Waals surface area contributed by atoms with Crippen LogP contribution in [0.25, 0.3) is 11.1 Å². The van der Waals surface area contributed by atoms with Crippen molar-refractivity contribution in [1.82, 2.24) is 0 Å². The van der Waals surface area contributed by atoms with Crippen molar-refractivity contribution in [3.05, 3.63) is 115 Å². The fourth-order valence-electron chi connectivity index (χ4n) is 3.22. The number of rotatable bonds is 4. The monoisotopic (exact) mass is 442 g/mol. The zero-order chi connectivity index (χ0) is 21.4. The first kappa shape index (κ1) is 21.9. The molecule has 0 aromatic heterocycles. The molecule has 5 heteroatoms. The third-order valence-electron chi connectivity index (χ3n) is 4.58. The third kappa shape index (κ3) is 5.23. The molecule has 0 aliphatic heterocycles. The molecule has 4 aromatic carbocycles. The number of thiol groups is 1. The van der Waals surface area contributed by atoms with Crippen LogP contribution in [0.5, 0.6) is 0 Å². The molecule has 30 heavy (non-hydrogen) atoms. The second kappa shape index (κ2) is 10.3. The summed E-state index contributed by atoms with van der Waals surface area (Å²) in [7, 11) is -2.05. The molecule has 0 nitrogen and oxygen atoms in total. The summed E-state index contributed by atoms with van der Waals surface area (Å²) in [6.07, 6.45) is 0. The minimum atomic E-state index is -3.67. The summed E-state index contributed by atoms with van der Waals surface area (Å²) in [5, 5.41) is 0. The van der Waals surface area contributed by atoms with E-state index < -0.39 is 15.3 Å². The summed E-state index contributed by atoms with van der Waals surface area (Å²) in [5.74, 6) is 0. The van der Waals surface area contributed by atoms with Gasteiger partial charge in [-0.1, -0.05) is 90.1 Å². The van der Waals surface area contributed by atoms with Crippen LogP contribution >= 0.6 is 0 Å². The lowest BCUT2D eigenvalue weighted by molar-refractivity contribution is 0.00819. The zero-order valence-corrected chi connectivity index (χ0v) is 17.7.